The topological polar surface area (TPSA) is 55.1 Å². The van der Waals surface area contributed by atoms with Crippen molar-refractivity contribution >= 4 is 16.9 Å². The molecule has 22 heavy (non-hydrogen) atoms. The van der Waals surface area contributed by atoms with Crippen LogP contribution >= 0.6 is 0 Å². The van der Waals surface area contributed by atoms with E-state index in [1.807, 2.05) is 36.4 Å². The van der Waals surface area contributed by atoms with Crippen molar-refractivity contribution in [2.45, 2.75) is 19.8 Å². The highest BCUT2D eigenvalue weighted by Gasteiger charge is 2.11. The monoisotopic (exact) mass is 294 g/mol. The molecule has 0 aliphatic heterocycles. The first-order valence-electron chi connectivity index (χ1n) is 7.38. The number of fused-ring (bicyclic) bond motifs is 1. The van der Waals surface area contributed by atoms with Gasteiger partial charge in [-0.05, 0) is 36.6 Å². The second kappa shape index (κ2) is 6.43. The molecular weight excluding hydrogens is 276 g/mol. The molecule has 4 heteroatoms. The lowest BCUT2D eigenvalue weighted by atomic mass is 10.1. The third-order valence-corrected chi connectivity index (χ3v) is 3.76. The first kappa shape index (κ1) is 14.3. The summed E-state index contributed by atoms with van der Waals surface area (Å²) in [5, 5.41) is 7.82. The molecule has 0 radical (unpaired) electrons. The van der Waals surface area contributed by atoms with E-state index < -0.39 is 0 Å². The van der Waals surface area contributed by atoms with Crippen molar-refractivity contribution in [1.29, 1.82) is 0 Å². The van der Waals surface area contributed by atoms with Gasteiger partial charge in [0.2, 0.25) is 5.91 Å². The summed E-state index contributed by atoms with van der Waals surface area (Å²) in [6.45, 7) is 2.71. The summed E-state index contributed by atoms with van der Waals surface area (Å²) < 4.78 is 5.21. The van der Waals surface area contributed by atoms with Gasteiger partial charge in [-0.1, -0.05) is 41.6 Å². The first-order chi connectivity index (χ1) is 10.7. The largest absolute Gasteiger partial charge is 0.356 e. The highest BCUT2D eigenvalue weighted by Crippen LogP contribution is 2.17. The van der Waals surface area contributed by atoms with E-state index in [1.54, 1.807) is 0 Å². The zero-order valence-corrected chi connectivity index (χ0v) is 12.5. The van der Waals surface area contributed by atoms with Crippen LogP contribution in [0.4, 0.5) is 0 Å². The predicted molar refractivity (Wildman–Crippen MR) is 85.6 cm³/mol. The van der Waals surface area contributed by atoms with Crippen molar-refractivity contribution in [3.05, 3.63) is 65.4 Å². The number of nitrogens with one attached hydrogen (secondary N) is 1. The number of aryl methyl sites for hydroxylation is 1. The van der Waals surface area contributed by atoms with Gasteiger partial charge in [0, 0.05) is 11.9 Å². The first-order valence-corrected chi connectivity index (χ1v) is 7.38. The maximum atomic E-state index is 12.0. The highest BCUT2D eigenvalue weighted by molar-refractivity contribution is 5.86. The summed E-state index contributed by atoms with van der Waals surface area (Å²) in [5.41, 5.74) is 3.91. The van der Waals surface area contributed by atoms with E-state index in [0.29, 0.717) is 17.8 Å². The van der Waals surface area contributed by atoms with Gasteiger partial charge in [0.1, 0.15) is 5.69 Å². The summed E-state index contributed by atoms with van der Waals surface area (Å²) in [5.74, 6) is -0.0346. The number of para-hydroxylation sites is 1. The van der Waals surface area contributed by atoms with Gasteiger partial charge >= 0.3 is 0 Å². The van der Waals surface area contributed by atoms with Crippen LogP contribution in [0.5, 0.6) is 0 Å². The van der Waals surface area contributed by atoms with Crippen LogP contribution in [0.2, 0.25) is 0 Å². The van der Waals surface area contributed by atoms with Crippen molar-refractivity contribution in [2.24, 2.45) is 0 Å². The Labute approximate surface area is 129 Å². The van der Waals surface area contributed by atoms with E-state index in [4.69, 9.17) is 4.52 Å². The van der Waals surface area contributed by atoms with E-state index in [2.05, 4.69) is 29.5 Å². The van der Waals surface area contributed by atoms with Gasteiger partial charge in [0.25, 0.3) is 0 Å². The van der Waals surface area contributed by atoms with Crippen LogP contribution in [-0.4, -0.2) is 17.6 Å². The lowest BCUT2D eigenvalue weighted by molar-refractivity contribution is -0.120. The third kappa shape index (κ3) is 3.17. The Bertz CT molecular complexity index is 792. The van der Waals surface area contributed by atoms with Gasteiger partial charge in [-0.15, -0.1) is 0 Å². The molecule has 1 aromatic heterocycles. The molecule has 3 aromatic rings. The Morgan fingerprint density at radius 1 is 1.14 bits per heavy atom. The van der Waals surface area contributed by atoms with E-state index in [-0.39, 0.29) is 12.3 Å². The molecule has 0 saturated heterocycles. The number of carbonyl (C=O) groups is 1. The average Bonchev–Trinajstić information content (AvgIpc) is 2.92. The van der Waals surface area contributed by atoms with Crippen molar-refractivity contribution in [3.8, 4) is 0 Å². The van der Waals surface area contributed by atoms with Gasteiger partial charge < -0.3 is 9.84 Å². The summed E-state index contributed by atoms with van der Waals surface area (Å²) in [6.07, 6.45) is 1.07. The van der Waals surface area contributed by atoms with Crippen LogP contribution in [0.15, 0.2) is 53.1 Å². The number of aromatic nitrogens is 1. The van der Waals surface area contributed by atoms with Crippen LogP contribution in [0.25, 0.3) is 11.0 Å². The summed E-state index contributed by atoms with van der Waals surface area (Å²) in [4.78, 5) is 12.0. The van der Waals surface area contributed by atoms with E-state index >= 15 is 0 Å². The summed E-state index contributed by atoms with van der Waals surface area (Å²) in [6, 6.07) is 15.8. The standard InChI is InChI=1S/C18H18N2O2/c1-13-6-2-3-7-14(13)10-11-19-18(21)12-16-15-8-4-5-9-17(15)22-20-16/h2-9H,10-12H2,1H3,(H,19,21). The lowest BCUT2D eigenvalue weighted by Gasteiger charge is -2.06. The zero-order chi connectivity index (χ0) is 15.4. The normalized spacial score (nSPS) is 10.8. The molecular formula is C18H18N2O2. The predicted octanol–water partition coefficient (Wildman–Crippen LogP) is 3.04. The van der Waals surface area contributed by atoms with Gasteiger partial charge in [-0.2, -0.15) is 0 Å². The molecule has 0 aliphatic carbocycles. The average molecular weight is 294 g/mol. The molecule has 0 saturated carbocycles. The highest BCUT2D eigenvalue weighted by atomic mass is 16.5. The fourth-order valence-corrected chi connectivity index (χ4v) is 2.51. The fourth-order valence-electron chi connectivity index (χ4n) is 2.51. The molecule has 4 nitrogen and oxygen atoms in total. The van der Waals surface area contributed by atoms with Crippen molar-refractivity contribution in [3.63, 3.8) is 0 Å². The fraction of sp³-hybridized carbons (Fsp3) is 0.222. The molecule has 0 atom stereocenters. The van der Waals surface area contributed by atoms with Gasteiger partial charge in [-0.25, -0.2) is 0 Å². The Balaban J connectivity index is 1.56. The smallest absolute Gasteiger partial charge is 0.226 e. The quantitative estimate of drug-likeness (QED) is 0.787. The number of nitrogens with zero attached hydrogens (tertiary/aromatic N) is 1. The van der Waals surface area contributed by atoms with Crippen LogP contribution < -0.4 is 5.32 Å². The van der Waals surface area contributed by atoms with Crippen molar-refractivity contribution in [1.82, 2.24) is 10.5 Å². The molecule has 1 N–H and O–H groups in total. The summed E-state index contributed by atoms with van der Waals surface area (Å²) >= 11 is 0. The van der Waals surface area contributed by atoms with E-state index in [1.165, 1.54) is 11.1 Å². The molecule has 3 rings (SSSR count). The molecule has 1 amide bonds. The van der Waals surface area contributed by atoms with E-state index in [9.17, 15) is 4.79 Å². The van der Waals surface area contributed by atoms with Crippen LogP contribution in [0.1, 0.15) is 16.8 Å². The van der Waals surface area contributed by atoms with Gasteiger partial charge in [-0.3, -0.25) is 4.79 Å². The van der Waals surface area contributed by atoms with Crippen molar-refractivity contribution in [2.75, 3.05) is 6.54 Å². The second-order valence-corrected chi connectivity index (χ2v) is 5.33. The minimum absolute atomic E-state index is 0.0346. The van der Waals surface area contributed by atoms with Crippen molar-refractivity contribution < 1.29 is 9.32 Å². The molecule has 112 valence electrons. The number of benzene rings is 2. The van der Waals surface area contributed by atoms with Gasteiger partial charge in [0.05, 0.1) is 6.42 Å². The molecule has 2 aromatic carbocycles. The summed E-state index contributed by atoms with van der Waals surface area (Å²) in [7, 11) is 0. The minimum Gasteiger partial charge on any atom is -0.356 e. The zero-order valence-electron chi connectivity index (χ0n) is 12.5. The lowest BCUT2D eigenvalue weighted by Crippen LogP contribution is -2.27. The number of hydrogen-bond acceptors (Lipinski definition) is 3. The second-order valence-electron chi connectivity index (χ2n) is 5.33. The number of rotatable bonds is 5. The Morgan fingerprint density at radius 3 is 2.77 bits per heavy atom. The molecule has 0 fully saturated rings. The van der Waals surface area contributed by atoms with Gasteiger partial charge in [0.15, 0.2) is 5.58 Å². The van der Waals surface area contributed by atoms with Crippen LogP contribution in [0, 0.1) is 6.92 Å². The Kier molecular flexibility index (Phi) is 4.19. The number of carbonyl (C=O) groups excluding carboxylic acids is 1. The molecule has 0 bridgehead atoms. The molecule has 0 spiro atoms. The number of amides is 1. The molecule has 0 aliphatic rings. The molecule has 0 unspecified atom stereocenters. The third-order valence-electron chi connectivity index (χ3n) is 3.76. The Hall–Kier alpha value is -2.62. The number of hydrogen-bond donors (Lipinski definition) is 1. The SMILES string of the molecule is Cc1ccccc1CCNC(=O)Cc1noc2ccccc12. The van der Waals surface area contributed by atoms with E-state index in [0.717, 1.165) is 11.8 Å². The van der Waals surface area contributed by atoms with Crippen LogP contribution in [-0.2, 0) is 17.6 Å². The minimum atomic E-state index is -0.0346. The Morgan fingerprint density at radius 2 is 1.91 bits per heavy atom. The maximum Gasteiger partial charge on any atom is 0.226 e. The molecule has 1 heterocycles. The van der Waals surface area contributed by atoms with Crippen LogP contribution in [0.3, 0.4) is 0 Å². The maximum absolute atomic E-state index is 12.0.